The van der Waals surface area contributed by atoms with Crippen molar-refractivity contribution in [1.82, 2.24) is 15.0 Å². The Balaban J connectivity index is 1.64. The molecule has 1 aromatic heterocycles. The number of nitrogens with zero attached hydrogens (tertiary/aromatic N) is 3. The van der Waals surface area contributed by atoms with Crippen molar-refractivity contribution in [3.05, 3.63) is 40.7 Å². The third-order valence-electron chi connectivity index (χ3n) is 6.27. The highest BCUT2D eigenvalue weighted by Crippen LogP contribution is 2.59. The predicted molar refractivity (Wildman–Crippen MR) is 114 cm³/mol. The predicted octanol–water partition coefficient (Wildman–Crippen LogP) is 3.28. The minimum atomic E-state index is -3.17. The van der Waals surface area contributed by atoms with Crippen molar-refractivity contribution in [2.75, 3.05) is 11.9 Å². The van der Waals surface area contributed by atoms with Gasteiger partial charge in [-0.25, -0.2) is 0 Å². The number of aliphatic hydroxyl groups is 1. The van der Waals surface area contributed by atoms with E-state index in [1.807, 2.05) is 6.92 Å². The Labute approximate surface area is 180 Å². The number of carbonyl (C=O) groups excluding carboxylic acids is 1. The number of hydrogen-bond donors (Lipinski definition) is 2. The number of nitrogens with one attached hydrogen (secondary N) is 1. The summed E-state index contributed by atoms with van der Waals surface area (Å²) in [6.07, 6.45) is 2.27. The summed E-state index contributed by atoms with van der Waals surface area (Å²) in [5.41, 5.74) is 0.443. The fourth-order valence-electron chi connectivity index (χ4n) is 5.04. The van der Waals surface area contributed by atoms with Gasteiger partial charge in [0.15, 0.2) is 5.60 Å². The number of anilines is 1. The Hall–Kier alpha value is -1.81. The van der Waals surface area contributed by atoms with Crippen LogP contribution in [0.15, 0.2) is 24.4 Å². The maximum atomic E-state index is 15.5. The average Bonchev–Trinajstić information content (AvgIpc) is 3.31. The second-order valence-corrected chi connectivity index (χ2v) is 12.9. The molecular formula is C20H26ClFN4O3Si. The highest BCUT2D eigenvalue weighted by Gasteiger charge is 2.65. The summed E-state index contributed by atoms with van der Waals surface area (Å²) in [6.45, 7) is 5.74. The molecule has 10 heteroatoms. The van der Waals surface area contributed by atoms with Gasteiger partial charge in [0.25, 0.3) is 5.91 Å². The summed E-state index contributed by atoms with van der Waals surface area (Å²) in [5.74, 6) is -0.599. The fraction of sp³-hybridized carbons (Fsp3) is 0.550. The molecule has 0 unspecified atom stereocenters. The molecule has 2 N–H and O–H groups in total. The summed E-state index contributed by atoms with van der Waals surface area (Å²) in [7, 11) is -3.17. The van der Waals surface area contributed by atoms with Crippen molar-refractivity contribution < 1.29 is 18.7 Å². The molecule has 0 radical (unpaired) electrons. The van der Waals surface area contributed by atoms with Gasteiger partial charge in [-0.1, -0.05) is 23.7 Å². The molecule has 1 aromatic carbocycles. The molecule has 1 saturated heterocycles. The number of hydrogen-bond acceptors (Lipinski definition) is 5. The van der Waals surface area contributed by atoms with Crippen LogP contribution in [0.2, 0.25) is 23.7 Å². The van der Waals surface area contributed by atoms with E-state index < -0.39 is 20.1 Å². The van der Waals surface area contributed by atoms with Crippen LogP contribution >= 0.6 is 11.6 Å². The van der Waals surface area contributed by atoms with Crippen molar-refractivity contribution in [2.24, 2.45) is 5.92 Å². The zero-order chi connectivity index (χ0) is 21.7. The summed E-state index contributed by atoms with van der Waals surface area (Å²) in [6, 6.07) is 5.23. The van der Waals surface area contributed by atoms with Crippen LogP contribution in [0.3, 0.4) is 0 Å². The topological polar surface area (TPSA) is 89.3 Å². The first-order chi connectivity index (χ1) is 14.2. The maximum Gasteiger partial charge on any atom is 0.261 e. The molecule has 162 valence electrons. The Kier molecular flexibility index (Phi) is 5.50. The van der Waals surface area contributed by atoms with Crippen LogP contribution in [0.1, 0.15) is 24.6 Å². The normalized spacial score (nSPS) is 28.2. The monoisotopic (exact) mass is 452 g/mol. The lowest BCUT2D eigenvalue weighted by Crippen LogP contribution is -2.41. The van der Waals surface area contributed by atoms with Crippen molar-refractivity contribution in [1.29, 1.82) is 0 Å². The first kappa shape index (κ1) is 21.4. The highest BCUT2D eigenvalue weighted by atomic mass is 35.5. The van der Waals surface area contributed by atoms with E-state index >= 15 is 4.11 Å². The minimum Gasteiger partial charge on any atom is -0.396 e. The number of aliphatic hydroxyl groups excluding tert-OH is 1. The van der Waals surface area contributed by atoms with Gasteiger partial charge in [-0.15, -0.1) is 5.10 Å². The maximum absolute atomic E-state index is 15.5. The molecule has 0 aliphatic carbocycles. The van der Waals surface area contributed by atoms with Crippen LogP contribution in [0.5, 0.6) is 0 Å². The van der Waals surface area contributed by atoms with Gasteiger partial charge >= 0.3 is 0 Å². The molecule has 0 saturated carbocycles. The molecule has 3 heterocycles. The smallest absolute Gasteiger partial charge is 0.261 e. The van der Waals surface area contributed by atoms with E-state index in [9.17, 15) is 4.79 Å². The lowest BCUT2D eigenvalue weighted by molar-refractivity contribution is -0.143. The standard InChI is InChI=1S/C20H26ClFN4O3Si/c1-12-18(30(2,3)22)17(6-8-26-11-14(7-9-27)24-25-26)29-20(12)15-10-13(21)4-5-16(15)23-19(20)28/h4-5,10-12,17-18,27H,6-9H2,1-3H3,(H,23,28)/t12-,17+,18-,20+/m1/s1. The van der Waals surface area contributed by atoms with Gasteiger partial charge in [0.2, 0.25) is 8.41 Å². The fourth-order valence-corrected chi connectivity index (χ4v) is 7.76. The lowest BCUT2D eigenvalue weighted by atomic mass is 9.82. The Morgan fingerprint density at radius 1 is 1.43 bits per heavy atom. The van der Waals surface area contributed by atoms with E-state index in [1.165, 1.54) is 0 Å². The zero-order valence-corrected chi connectivity index (χ0v) is 19.0. The third-order valence-corrected chi connectivity index (χ3v) is 8.97. The Morgan fingerprint density at radius 2 is 2.20 bits per heavy atom. The van der Waals surface area contributed by atoms with Crippen molar-refractivity contribution in [2.45, 2.75) is 56.7 Å². The number of fused-ring (bicyclic) bond motifs is 2. The summed E-state index contributed by atoms with van der Waals surface area (Å²) >= 11 is 6.22. The summed E-state index contributed by atoms with van der Waals surface area (Å²) in [5, 5.41) is 20.5. The molecule has 2 aliphatic rings. The molecule has 2 aromatic rings. The number of halogens is 2. The zero-order valence-electron chi connectivity index (χ0n) is 17.2. The molecule has 30 heavy (non-hydrogen) atoms. The second kappa shape index (κ2) is 7.71. The van der Waals surface area contributed by atoms with Crippen LogP contribution < -0.4 is 5.32 Å². The molecular weight excluding hydrogens is 427 g/mol. The largest absolute Gasteiger partial charge is 0.396 e. The van der Waals surface area contributed by atoms with Gasteiger partial charge < -0.3 is 19.3 Å². The van der Waals surface area contributed by atoms with Crippen LogP contribution in [-0.2, 0) is 28.1 Å². The molecule has 1 fully saturated rings. The van der Waals surface area contributed by atoms with E-state index in [4.69, 9.17) is 21.4 Å². The summed E-state index contributed by atoms with van der Waals surface area (Å²) in [4.78, 5) is 13.1. The molecule has 1 spiro atoms. The Morgan fingerprint density at radius 3 is 2.90 bits per heavy atom. The lowest BCUT2D eigenvalue weighted by Gasteiger charge is -2.30. The first-order valence-electron chi connectivity index (χ1n) is 10.1. The van der Waals surface area contributed by atoms with Gasteiger partial charge in [0, 0.05) is 53.5 Å². The minimum absolute atomic E-state index is 0.00522. The van der Waals surface area contributed by atoms with E-state index in [1.54, 1.807) is 42.2 Å². The summed E-state index contributed by atoms with van der Waals surface area (Å²) < 4.78 is 23.6. The van der Waals surface area contributed by atoms with Crippen molar-refractivity contribution >= 4 is 31.6 Å². The van der Waals surface area contributed by atoms with Crippen molar-refractivity contribution in [3.63, 3.8) is 0 Å². The average molecular weight is 453 g/mol. The third kappa shape index (κ3) is 3.47. The van der Waals surface area contributed by atoms with Crippen LogP contribution in [-0.4, -0.2) is 47.1 Å². The quantitative estimate of drug-likeness (QED) is 0.518. The van der Waals surface area contributed by atoms with Gasteiger partial charge in [0.1, 0.15) is 0 Å². The van der Waals surface area contributed by atoms with Crippen LogP contribution in [0.25, 0.3) is 0 Å². The van der Waals surface area contributed by atoms with Crippen molar-refractivity contribution in [3.8, 4) is 0 Å². The number of aryl methyl sites for hydroxylation is 1. The van der Waals surface area contributed by atoms with E-state index in [-0.39, 0.29) is 24.0 Å². The SMILES string of the molecule is C[C@@H]1[C@@H]([Si](C)(C)F)[C@H](CCn2cc(CCO)nn2)O[C@@]12C(=O)Nc1ccc(Cl)cc12. The van der Waals surface area contributed by atoms with Crippen LogP contribution in [0, 0.1) is 5.92 Å². The molecule has 1 amide bonds. The number of aromatic nitrogens is 3. The molecule has 4 rings (SSSR count). The van der Waals surface area contributed by atoms with E-state index in [0.717, 1.165) is 0 Å². The van der Waals surface area contributed by atoms with Gasteiger partial charge in [0.05, 0.1) is 11.8 Å². The highest BCUT2D eigenvalue weighted by molar-refractivity contribution is 6.72. The number of benzene rings is 1. The van der Waals surface area contributed by atoms with Crippen LogP contribution in [0.4, 0.5) is 9.80 Å². The van der Waals surface area contributed by atoms with E-state index in [2.05, 4.69) is 15.6 Å². The van der Waals surface area contributed by atoms with E-state index in [0.29, 0.717) is 41.4 Å². The molecule has 2 aliphatic heterocycles. The molecule has 7 nitrogen and oxygen atoms in total. The number of carbonyl (C=O) groups is 1. The van der Waals surface area contributed by atoms with Gasteiger partial charge in [-0.3, -0.25) is 9.48 Å². The van der Waals surface area contributed by atoms with Gasteiger partial charge in [-0.05, 0) is 37.7 Å². The second-order valence-electron chi connectivity index (χ2n) is 8.65. The number of ether oxygens (including phenoxy) is 1. The number of rotatable bonds is 6. The molecule has 4 atom stereocenters. The Bertz CT molecular complexity index is 966. The first-order valence-corrected chi connectivity index (χ1v) is 13.5. The van der Waals surface area contributed by atoms with Gasteiger partial charge in [-0.2, -0.15) is 0 Å². The molecule has 0 bridgehead atoms. The number of amides is 1.